The number of hydrogen-bond donors (Lipinski definition) is 2. The molecule has 1 saturated heterocycles. The molecular formula is C15H28N4O. The Kier molecular flexibility index (Phi) is 6.01. The molecule has 5 nitrogen and oxygen atoms in total. The zero-order chi connectivity index (χ0) is 14.4. The molecule has 5 heteroatoms. The largest absolute Gasteiger partial charge is 0.381 e. The third kappa shape index (κ3) is 4.04. The van der Waals surface area contributed by atoms with Crippen LogP contribution in [0.4, 0.5) is 0 Å². The van der Waals surface area contributed by atoms with Gasteiger partial charge in [-0.3, -0.25) is 16.0 Å². The average Bonchev–Trinajstić information content (AvgIpc) is 3.12. The second kappa shape index (κ2) is 7.76. The number of rotatable bonds is 8. The van der Waals surface area contributed by atoms with E-state index in [9.17, 15) is 0 Å². The predicted molar refractivity (Wildman–Crippen MR) is 80.2 cm³/mol. The van der Waals surface area contributed by atoms with Crippen molar-refractivity contribution in [2.75, 3.05) is 13.2 Å². The highest BCUT2D eigenvalue weighted by molar-refractivity contribution is 5.02. The summed E-state index contributed by atoms with van der Waals surface area (Å²) in [5, 5.41) is 4.70. The molecule has 1 aromatic heterocycles. The van der Waals surface area contributed by atoms with Crippen molar-refractivity contribution >= 4 is 0 Å². The lowest BCUT2D eigenvalue weighted by Crippen LogP contribution is -2.38. The van der Waals surface area contributed by atoms with Gasteiger partial charge >= 0.3 is 0 Å². The Morgan fingerprint density at radius 3 is 2.90 bits per heavy atom. The van der Waals surface area contributed by atoms with Crippen LogP contribution < -0.4 is 11.3 Å². The molecule has 0 radical (unpaired) electrons. The topological polar surface area (TPSA) is 65.1 Å². The van der Waals surface area contributed by atoms with E-state index in [1.54, 1.807) is 0 Å². The van der Waals surface area contributed by atoms with E-state index in [2.05, 4.69) is 36.2 Å². The molecule has 1 aliphatic rings. The molecule has 0 bridgehead atoms. The summed E-state index contributed by atoms with van der Waals surface area (Å²) in [6.07, 6.45) is 7.44. The molecule has 2 rings (SSSR count). The van der Waals surface area contributed by atoms with Gasteiger partial charge in [-0.2, -0.15) is 5.10 Å². The van der Waals surface area contributed by atoms with Gasteiger partial charge in [-0.05, 0) is 37.7 Å². The molecular weight excluding hydrogens is 252 g/mol. The SMILES string of the molecule is CCC(CC)n1ccc(CC(CC2CCOC2)NN)n1. The first-order chi connectivity index (χ1) is 9.76. The Bertz CT molecular complexity index is 383. The van der Waals surface area contributed by atoms with Crippen LogP contribution >= 0.6 is 0 Å². The molecule has 2 unspecified atom stereocenters. The molecule has 2 atom stereocenters. The highest BCUT2D eigenvalue weighted by Gasteiger charge is 2.21. The molecule has 0 aromatic carbocycles. The Morgan fingerprint density at radius 2 is 2.30 bits per heavy atom. The quantitative estimate of drug-likeness (QED) is 0.565. The number of ether oxygens (including phenoxy) is 1. The summed E-state index contributed by atoms with van der Waals surface area (Å²) in [6.45, 7) is 6.19. The first kappa shape index (κ1) is 15.5. The van der Waals surface area contributed by atoms with Gasteiger partial charge in [0.25, 0.3) is 0 Å². The molecule has 2 heterocycles. The minimum Gasteiger partial charge on any atom is -0.381 e. The minimum absolute atomic E-state index is 0.284. The van der Waals surface area contributed by atoms with E-state index in [1.807, 2.05) is 0 Å². The van der Waals surface area contributed by atoms with E-state index in [0.29, 0.717) is 12.0 Å². The van der Waals surface area contributed by atoms with Crippen LogP contribution in [0.15, 0.2) is 12.3 Å². The van der Waals surface area contributed by atoms with Crippen LogP contribution in [0.2, 0.25) is 0 Å². The number of hydrazine groups is 1. The van der Waals surface area contributed by atoms with Crippen molar-refractivity contribution in [3.05, 3.63) is 18.0 Å². The third-order valence-electron chi connectivity index (χ3n) is 4.31. The first-order valence-corrected chi connectivity index (χ1v) is 7.84. The van der Waals surface area contributed by atoms with Gasteiger partial charge in [0.2, 0.25) is 0 Å². The van der Waals surface area contributed by atoms with Crippen molar-refractivity contribution in [3.63, 3.8) is 0 Å². The van der Waals surface area contributed by atoms with Crippen molar-refractivity contribution in [2.45, 2.75) is 58.0 Å². The molecule has 0 amide bonds. The van der Waals surface area contributed by atoms with E-state index < -0.39 is 0 Å². The monoisotopic (exact) mass is 280 g/mol. The lowest BCUT2D eigenvalue weighted by molar-refractivity contribution is 0.181. The lowest BCUT2D eigenvalue weighted by atomic mass is 9.97. The molecule has 3 N–H and O–H groups in total. The van der Waals surface area contributed by atoms with E-state index in [-0.39, 0.29) is 6.04 Å². The summed E-state index contributed by atoms with van der Waals surface area (Å²) in [5.41, 5.74) is 4.06. The van der Waals surface area contributed by atoms with Crippen molar-refractivity contribution in [2.24, 2.45) is 11.8 Å². The van der Waals surface area contributed by atoms with Gasteiger partial charge in [0, 0.05) is 31.9 Å². The fourth-order valence-corrected chi connectivity index (χ4v) is 2.99. The van der Waals surface area contributed by atoms with Gasteiger partial charge in [0.1, 0.15) is 0 Å². The zero-order valence-corrected chi connectivity index (χ0v) is 12.7. The average molecular weight is 280 g/mol. The minimum atomic E-state index is 0.284. The number of nitrogens with two attached hydrogens (primary N) is 1. The number of hydrogen-bond acceptors (Lipinski definition) is 4. The van der Waals surface area contributed by atoms with Gasteiger partial charge in [-0.15, -0.1) is 0 Å². The number of nitrogens with one attached hydrogen (secondary N) is 1. The fourth-order valence-electron chi connectivity index (χ4n) is 2.99. The Labute approximate surface area is 121 Å². The van der Waals surface area contributed by atoms with Crippen LogP contribution in [0, 0.1) is 5.92 Å². The standard InChI is InChI=1S/C15H28N4O/c1-3-15(4-2)19-7-5-13(18-19)10-14(17-16)9-12-6-8-20-11-12/h5,7,12,14-15,17H,3-4,6,8-11,16H2,1-2H3. The predicted octanol–water partition coefficient (Wildman–Crippen LogP) is 2.05. The second-order valence-corrected chi connectivity index (χ2v) is 5.79. The highest BCUT2D eigenvalue weighted by Crippen LogP contribution is 2.20. The van der Waals surface area contributed by atoms with Gasteiger partial charge in [0.05, 0.1) is 11.7 Å². The molecule has 0 aliphatic carbocycles. The van der Waals surface area contributed by atoms with Crippen molar-refractivity contribution < 1.29 is 4.74 Å². The summed E-state index contributed by atoms with van der Waals surface area (Å²) in [4.78, 5) is 0. The normalized spacial score (nSPS) is 20.7. The lowest BCUT2D eigenvalue weighted by Gasteiger charge is -2.18. The summed E-state index contributed by atoms with van der Waals surface area (Å²) in [6, 6.07) is 2.91. The molecule has 114 valence electrons. The summed E-state index contributed by atoms with van der Waals surface area (Å²) < 4.78 is 7.53. The summed E-state index contributed by atoms with van der Waals surface area (Å²) >= 11 is 0. The molecule has 1 aromatic rings. The summed E-state index contributed by atoms with van der Waals surface area (Å²) in [5.74, 6) is 6.33. The van der Waals surface area contributed by atoms with E-state index in [0.717, 1.165) is 51.0 Å². The first-order valence-electron chi connectivity index (χ1n) is 7.84. The van der Waals surface area contributed by atoms with Gasteiger partial charge in [-0.1, -0.05) is 13.8 Å². The Balaban J connectivity index is 1.90. The van der Waals surface area contributed by atoms with Crippen LogP contribution in [0.3, 0.4) is 0 Å². The molecule has 1 aliphatic heterocycles. The van der Waals surface area contributed by atoms with Crippen LogP contribution in [-0.4, -0.2) is 29.0 Å². The van der Waals surface area contributed by atoms with Gasteiger partial charge in [-0.25, -0.2) is 0 Å². The second-order valence-electron chi connectivity index (χ2n) is 5.79. The molecule has 20 heavy (non-hydrogen) atoms. The zero-order valence-electron chi connectivity index (χ0n) is 12.7. The smallest absolute Gasteiger partial charge is 0.0640 e. The molecule has 1 fully saturated rings. The maximum Gasteiger partial charge on any atom is 0.0640 e. The number of nitrogens with zero attached hydrogens (tertiary/aromatic N) is 2. The van der Waals surface area contributed by atoms with Crippen molar-refractivity contribution in [1.82, 2.24) is 15.2 Å². The van der Waals surface area contributed by atoms with Crippen LogP contribution in [-0.2, 0) is 11.2 Å². The Morgan fingerprint density at radius 1 is 1.50 bits per heavy atom. The third-order valence-corrected chi connectivity index (χ3v) is 4.31. The maximum absolute atomic E-state index is 5.69. The maximum atomic E-state index is 5.69. The van der Waals surface area contributed by atoms with E-state index in [4.69, 9.17) is 15.7 Å². The van der Waals surface area contributed by atoms with E-state index >= 15 is 0 Å². The molecule has 0 saturated carbocycles. The van der Waals surface area contributed by atoms with Crippen LogP contribution in [0.1, 0.15) is 51.3 Å². The fraction of sp³-hybridized carbons (Fsp3) is 0.800. The van der Waals surface area contributed by atoms with E-state index in [1.165, 1.54) is 0 Å². The summed E-state index contributed by atoms with van der Waals surface area (Å²) in [7, 11) is 0. The number of aromatic nitrogens is 2. The van der Waals surface area contributed by atoms with Crippen molar-refractivity contribution in [3.8, 4) is 0 Å². The van der Waals surface area contributed by atoms with Crippen molar-refractivity contribution in [1.29, 1.82) is 0 Å². The molecule has 0 spiro atoms. The Hall–Kier alpha value is -0.910. The van der Waals surface area contributed by atoms with Crippen LogP contribution in [0.5, 0.6) is 0 Å². The van der Waals surface area contributed by atoms with Gasteiger partial charge in [0.15, 0.2) is 0 Å². The highest BCUT2D eigenvalue weighted by atomic mass is 16.5. The van der Waals surface area contributed by atoms with Crippen LogP contribution in [0.25, 0.3) is 0 Å². The van der Waals surface area contributed by atoms with Gasteiger partial charge < -0.3 is 4.74 Å².